The van der Waals surface area contributed by atoms with Gasteiger partial charge in [0.2, 0.25) is 5.91 Å². The summed E-state index contributed by atoms with van der Waals surface area (Å²) >= 11 is 5.90. The van der Waals surface area contributed by atoms with Crippen molar-refractivity contribution < 1.29 is 9.53 Å². The highest BCUT2D eigenvalue weighted by atomic mass is 35.5. The molecule has 4 heteroatoms. The highest BCUT2D eigenvalue weighted by molar-refractivity contribution is 6.18. The van der Waals surface area contributed by atoms with E-state index in [-0.39, 0.29) is 11.8 Å². The molecular weight excluding hydrogens is 226 g/mol. The highest BCUT2D eigenvalue weighted by Crippen LogP contribution is 2.27. The fourth-order valence-corrected chi connectivity index (χ4v) is 3.03. The van der Waals surface area contributed by atoms with Crippen molar-refractivity contribution in [3.8, 4) is 0 Å². The summed E-state index contributed by atoms with van der Waals surface area (Å²) in [4.78, 5) is 12.0. The van der Waals surface area contributed by atoms with E-state index >= 15 is 0 Å². The maximum Gasteiger partial charge on any atom is 0.225 e. The van der Waals surface area contributed by atoms with E-state index in [1.165, 1.54) is 6.42 Å². The van der Waals surface area contributed by atoms with Gasteiger partial charge in [0.25, 0.3) is 0 Å². The molecule has 2 fully saturated rings. The summed E-state index contributed by atoms with van der Waals surface area (Å²) in [5.74, 6) is 1.36. The minimum Gasteiger partial charge on any atom is -0.381 e. The van der Waals surface area contributed by atoms with Gasteiger partial charge < -0.3 is 10.1 Å². The number of halogens is 1. The maximum absolute atomic E-state index is 12.0. The SMILES string of the molecule is O=C(NC1CCCC1CCl)C1CCCOC1. The summed E-state index contributed by atoms with van der Waals surface area (Å²) in [6, 6.07) is 0.298. The van der Waals surface area contributed by atoms with Crippen molar-refractivity contribution in [2.75, 3.05) is 19.1 Å². The molecule has 3 nitrogen and oxygen atoms in total. The summed E-state index contributed by atoms with van der Waals surface area (Å²) in [5, 5.41) is 3.15. The third kappa shape index (κ3) is 2.89. The van der Waals surface area contributed by atoms with Crippen LogP contribution in [0.25, 0.3) is 0 Å². The molecule has 1 amide bonds. The number of amides is 1. The number of hydrogen-bond donors (Lipinski definition) is 1. The van der Waals surface area contributed by atoms with Gasteiger partial charge in [-0.15, -0.1) is 11.6 Å². The molecule has 16 heavy (non-hydrogen) atoms. The molecule has 2 rings (SSSR count). The number of alkyl halides is 1. The largest absolute Gasteiger partial charge is 0.381 e. The Balaban J connectivity index is 1.81. The Hall–Kier alpha value is -0.280. The zero-order chi connectivity index (χ0) is 11.4. The Kier molecular flexibility index (Phi) is 4.47. The Morgan fingerprint density at radius 1 is 1.31 bits per heavy atom. The summed E-state index contributed by atoms with van der Waals surface area (Å²) in [5.41, 5.74) is 0. The number of hydrogen-bond acceptors (Lipinski definition) is 2. The van der Waals surface area contributed by atoms with Gasteiger partial charge in [-0.25, -0.2) is 0 Å². The zero-order valence-electron chi connectivity index (χ0n) is 9.58. The van der Waals surface area contributed by atoms with E-state index < -0.39 is 0 Å². The van der Waals surface area contributed by atoms with Gasteiger partial charge in [0, 0.05) is 18.5 Å². The van der Waals surface area contributed by atoms with Crippen LogP contribution < -0.4 is 5.32 Å². The molecule has 0 bridgehead atoms. The van der Waals surface area contributed by atoms with Crippen molar-refractivity contribution >= 4 is 17.5 Å². The molecule has 1 aliphatic heterocycles. The Bertz CT molecular complexity index is 241. The van der Waals surface area contributed by atoms with E-state index in [0.29, 0.717) is 24.4 Å². The number of nitrogens with one attached hydrogen (secondary N) is 1. The quantitative estimate of drug-likeness (QED) is 0.772. The van der Waals surface area contributed by atoms with Crippen LogP contribution in [0.15, 0.2) is 0 Å². The molecule has 3 unspecified atom stereocenters. The van der Waals surface area contributed by atoms with E-state index in [2.05, 4.69) is 5.32 Å². The standard InChI is InChI=1S/C12H20ClNO2/c13-7-9-3-1-5-11(9)14-12(15)10-4-2-6-16-8-10/h9-11H,1-8H2,(H,14,15). The van der Waals surface area contributed by atoms with Gasteiger partial charge in [-0.2, -0.15) is 0 Å². The van der Waals surface area contributed by atoms with Gasteiger partial charge in [-0.05, 0) is 31.6 Å². The third-order valence-electron chi connectivity index (χ3n) is 3.72. The second-order valence-electron chi connectivity index (χ2n) is 4.87. The molecule has 0 aromatic rings. The van der Waals surface area contributed by atoms with E-state index in [9.17, 15) is 4.79 Å². The molecule has 0 radical (unpaired) electrons. The van der Waals surface area contributed by atoms with Crippen LogP contribution in [0.4, 0.5) is 0 Å². The molecular formula is C12H20ClNO2. The number of ether oxygens (including phenoxy) is 1. The van der Waals surface area contributed by atoms with Crippen molar-refractivity contribution in [3.63, 3.8) is 0 Å². The lowest BCUT2D eigenvalue weighted by Gasteiger charge is -2.25. The molecule has 1 N–H and O–H groups in total. The molecule has 3 atom stereocenters. The molecule has 0 spiro atoms. The predicted octanol–water partition coefficient (Wildman–Crippen LogP) is 1.94. The average Bonchev–Trinajstić information content (AvgIpc) is 2.77. The number of rotatable bonds is 3. The van der Waals surface area contributed by atoms with Gasteiger partial charge in [-0.1, -0.05) is 6.42 Å². The van der Waals surface area contributed by atoms with Gasteiger partial charge >= 0.3 is 0 Å². The number of carbonyl (C=O) groups excluding carboxylic acids is 1. The summed E-state index contributed by atoms with van der Waals surface area (Å²) in [7, 11) is 0. The minimum atomic E-state index is 0.0605. The first-order valence-electron chi connectivity index (χ1n) is 6.25. The highest BCUT2D eigenvalue weighted by Gasteiger charge is 2.30. The smallest absolute Gasteiger partial charge is 0.225 e. The van der Waals surface area contributed by atoms with Gasteiger partial charge in [0.05, 0.1) is 12.5 Å². The zero-order valence-corrected chi connectivity index (χ0v) is 10.3. The molecule has 0 aromatic carbocycles. The van der Waals surface area contributed by atoms with Crippen LogP contribution >= 0.6 is 11.6 Å². The molecule has 1 saturated carbocycles. The lowest BCUT2D eigenvalue weighted by molar-refractivity contribution is -0.129. The molecule has 2 aliphatic rings. The average molecular weight is 246 g/mol. The van der Waals surface area contributed by atoms with Crippen LogP contribution in [-0.2, 0) is 9.53 Å². The molecule has 1 saturated heterocycles. The maximum atomic E-state index is 12.0. The van der Waals surface area contributed by atoms with Crippen molar-refractivity contribution in [2.24, 2.45) is 11.8 Å². The summed E-state index contributed by atoms with van der Waals surface area (Å²) in [6.45, 7) is 1.39. The Morgan fingerprint density at radius 2 is 2.19 bits per heavy atom. The van der Waals surface area contributed by atoms with E-state index in [0.717, 1.165) is 32.3 Å². The third-order valence-corrected chi connectivity index (χ3v) is 4.11. The van der Waals surface area contributed by atoms with Crippen LogP contribution in [0.2, 0.25) is 0 Å². The first-order chi connectivity index (χ1) is 7.81. The molecule has 0 aromatic heterocycles. The normalized spacial score (nSPS) is 34.9. The van der Waals surface area contributed by atoms with Crippen molar-refractivity contribution in [1.29, 1.82) is 0 Å². The lowest BCUT2D eigenvalue weighted by Crippen LogP contribution is -2.43. The van der Waals surface area contributed by atoms with E-state index in [1.54, 1.807) is 0 Å². The predicted molar refractivity (Wildman–Crippen MR) is 63.5 cm³/mol. The Labute approximate surface area is 102 Å². The summed E-state index contributed by atoms with van der Waals surface area (Å²) < 4.78 is 5.33. The van der Waals surface area contributed by atoms with Crippen molar-refractivity contribution in [1.82, 2.24) is 5.32 Å². The Morgan fingerprint density at radius 3 is 2.88 bits per heavy atom. The van der Waals surface area contributed by atoms with Gasteiger partial charge in [-0.3, -0.25) is 4.79 Å². The second-order valence-corrected chi connectivity index (χ2v) is 5.18. The van der Waals surface area contributed by atoms with E-state index in [1.807, 2.05) is 0 Å². The van der Waals surface area contributed by atoms with Gasteiger partial charge in [0.1, 0.15) is 0 Å². The molecule has 1 aliphatic carbocycles. The van der Waals surface area contributed by atoms with Crippen LogP contribution in [0.3, 0.4) is 0 Å². The fraction of sp³-hybridized carbons (Fsp3) is 0.917. The lowest BCUT2D eigenvalue weighted by atomic mass is 9.99. The summed E-state index contributed by atoms with van der Waals surface area (Å²) in [6.07, 6.45) is 5.38. The first-order valence-corrected chi connectivity index (χ1v) is 6.79. The van der Waals surface area contributed by atoms with Crippen LogP contribution in [0.5, 0.6) is 0 Å². The molecule has 1 heterocycles. The van der Waals surface area contributed by atoms with Gasteiger partial charge in [0.15, 0.2) is 0 Å². The minimum absolute atomic E-state index is 0.0605. The monoisotopic (exact) mass is 245 g/mol. The van der Waals surface area contributed by atoms with E-state index in [4.69, 9.17) is 16.3 Å². The van der Waals surface area contributed by atoms with Crippen LogP contribution in [0.1, 0.15) is 32.1 Å². The van der Waals surface area contributed by atoms with Crippen molar-refractivity contribution in [3.05, 3.63) is 0 Å². The first kappa shape index (κ1) is 12.2. The second kappa shape index (κ2) is 5.87. The fourth-order valence-electron chi connectivity index (χ4n) is 2.66. The van der Waals surface area contributed by atoms with Crippen LogP contribution in [0, 0.1) is 11.8 Å². The van der Waals surface area contributed by atoms with Crippen molar-refractivity contribution in [2.45, 2.75) is 38.1 Å². The van der Waals surface area contributed by atoms with Crippen LogP contribution in [-0.4, -0.2) is 31.0 Å². The molecule has 92 valence electrons. The topological polar surface area (TPSA) is 38.3 Å². The number of carbonyl (C=O) groups is 1.